The van der Waals surface area contributed by atoms with Crippen LogP contribution in [0.15, 0.2) is 66.7 Å². The van der Waals surface area contributed by atoms with Crippen LogP contribution in [0.2, 0.25) is 0 Å². The fourth-order valence-electron chi connectivity index (χ4n) is 3.15. The number of ketones is 2. The van der Waals surface area contributed by atoms with E-state index in [1.54, 1.807) is 30.3 Å². The highest BCUT2D eigenvalue weighted by atomic mass is 19.1. The predicted molar refractivity (Wildman–Crippen MR) is 95.3 cm³/mol. The van der Waals surface area contributed by atoms with E-state index in [0.717, 1.165) is 0 Å². The molecule has 0 fully saturated rings. The highest BCUT2D eigenvalue weighted by molar-refractivity contribution is 6.30. The van der Waals surface area contributed by atoms with Crippen molar-refractivity contribution in [3.63, 3.8) is 0 Å². The Hall–Kier alpha value is -3.60. The molecular weight excluding hydrogens is 347 g/mol. The minimum atomic E-state index is -0.782. The maximum Gasteiger partial charge on any atom is 0.339 e. The van der Waals surface area contributed by atoms with Crippen molar-refractivity contribution in [3.05, 3.63) is 106 Å². The number of hydrogen-bond acceptors (Lipinski definition) is 4. The van der Waals surface area contributed by atoms with Crippen LogP contribution in [0, 0.1) is 5.82 Å². The highest BCUT2D eigenvalue weighted by Crippen LogP contribution is 2.30. The van der Waals surface area contributed by atoms with Gasteiger partial charge in [0.05, 0.1) is 5.56 Å². The van der Waals surface area contributed by atoms with Crippen LogP contribution in [0.3, 0.4) is 0 Å². The molecule has 0 saturated heterocycles. The summed E-state index contributed by atoms with van der Waals surface area (Å²) in [5.74, 6) is -1.99. The maximum absolute atomic E-state index is 13.7. The van der Waals surface area contributed by atoms with Gasteiger partial charge in [-0.15, -0.1) is 0 Å². The molecule has 0 spiro atoms. The summed E-state index contributed by atoms with van der Waals surface area (Å²) < 4.78 is 18.9. The molecule has 0 aliphatic heterocycles. The van der Waals surface area contributed by atoms with Crippen molar-refractivity contribution < 1.29 is 23.5 Å². The number of carbonyl (C=O) groups is 3. The van der Waals surface area contributed by atoms with Gasteiger partial charge < -0.3 is 4.74 Å². The van der Waals surface area contributed by atoms with Crippen molar-refractivity contribution in [1.29, 1.82) is 0 Å². The molecule has 0 aromatic heterocycles. The number of ether oxygens (including phenoxy) is 1. The third-order valence-corrected chi connectivity index (χ3v) is 4.49. The zero-order valence-electron chi connectivity index (χ0n) is 14.1. The van der Waals surface area contributed by atoms with Gasteiger partial charge in [0, 0.05) is 27.8 Å². The van der Waals surface area contributed by atoms with Crippen LogP contribution < -0.4 is 0 Å². The van der Waals surface area contributed by atoms with Crippen molar-refractivity contribution in [3.8, 4) is 0 Å². The third-order valence-electron chi connectivity index (χ3n) is 4.49. The van der Waals surface area contributed by atoms with Gasteiger partial charge in [-0.3, -0.25) is 9.59 Å². The van der Waals surface area contributed by atoms with Crippen LogP contribution in [0.5, 0.6) is 0 Å². The van der Waals surface area contributed by atoms with Crippen molar-refractivity contribution in [2.45, 2.75) is 6.61 Å². The molecule has 5 heteroatoms. The molecule has 4 rings (SSSR count). The average molecular weight is 360 g/mol. The lowest BCUT2D eigenvalue weighted by molar-refractivity contribution is 0.0466. The Morgan fingerprint density at radius 2 is 1.41 bits per heavy atom. The van der Waals surface area contributed by atoms with Crippen LogP contribution in [-0.2, 0) is 11.3 Å². The minimum absolute atomic E-state index is 0.00306. The molecule has 0 amide bonds. The molecule has 4 nitrogen and oxygen atoms in total. The van der Waals surface area contributed by atoms with E-state index in [2.05, 4.69) is 0 Å². The van der Waals surface area contributed by atoms with Gasteiger partial charge in [0.2, 0.25) is 0 Å². The lowest BCUT2D eigenvalue weighted by atomic mass is 9.82. The van der Waals surface area contributed by atoms with Gasteiger partial charge in [-0.2, -0.15) is 0 Å². The molecule has 132 valence electrons. The predicted octanol–water partition coefficient (Wildman–Crippen LogP) is 3.96. The first-order valence-electron chi connectivity index (χ1n) is 8.30. The second-order valence-electron chi connectivity index (χ2n) is 6.10. The number of carbonyl (C=O) groups excluding carboxylic acids is 3. The molecule has 0 heterocycles. The summed E-state index contributed by atoms with van der Waals surface area (Å²) in [6.07, 6.45) is 0. The van der Waals surface area contributed by atoms with Crippen LogP contribution in [0.25, 0.3) is 0 Å². The zero-order valence-corrected chi connectivity index (χ0v) is 14.1. The lowest BCUT2D eigenvalue weighted by Crippen LogP contribution is -2.24. The Morgan fingerprint density at radius 3 is 2.15 bits per heavy atom. The standard InChI is InChI=1S/C22H13FO4/c23-18-11-4-1-6-13(18)12-27-22(26)17-10-5-9-16-19(17)21(25)15-8-3-2-7-14(15)20(16)24/h1-11H,12H2. The van der Waals surface area contributed by atoms with Crippen LogP contribution in [-0.4, -0.2) is 17.5 Å². The largest absolute Gasteiger partial charge is 0.457 e. The Kier molecular flexibility index (Phi) is 4.12. The summed E-state index contributed by atoms with van der Waals surface area (Å²) in [5.41, 5.74) is 0.982. The summed E-state index contributed by atoms with van der Waals surface area (Å²) >= 11 is 0. The molecule has 0 unspecified atom stereocenters. The quantitative estimate of drug-likeness (QED) is 0.519. The van der Waals surface area contributed by atoms with Gasteiger partial charge in [-0.25, -0.2) is 9.18 Å². The molecule has 3 aromatic rings. The summed E-state index contributed by atoms with van der Waals surface area (Å²) in [5, 5.41) is 0. The van der Waals surface area contributed by atoms with Gasteiger partial charge in [0.15, 0.2) is 11.6 Å². The Labute approximate surface area is 154 Å². The van der Waals surface area contributed by atoms with Gasteiger partial charge >= 0.3 is 5.97 Å². The van der Waals surface area contributed by atoms with Gasteiger partial charge in [-0.05, 0) is 12.1 Å². The van der Waals surface area contributed by atoms with E-state index in [9.17, 15) is 18.8 Å². The van der Waals surface area contributed by atoms with E-state index in [0.29, 0.717) is 5.56 Å². The summed E-state index contributed by atoms with van der Waals surface area (Å²) in [4.78, 5) is 38.1. The van der Waals surface area contributed by atoms with Crippen molar-refractivity contribution >= 4 is 17.5 Å². The number of fused-ring (bicyclic) bond motifs is 2. The normalized spacial score (nSPS) is 12.3. The monoisotopic (exact) mass is 360 g/mol. The molecule has 27 heavy (non-hydrogen) atoms. The van der Waals surface area contributed by atoms with Crippen LogP contribution in [0.1, 0.15) is 47.8 Å². The summed E-state index contributed by atoms with van der Waals surface area (Å²) in [7, 11) is 0. The van der Waals surface area contributed by atoms with Crippen LogP contribution >= 0.6 is 0 Å². The number of benzene rings is 3. The lowest BCUT2D eigenvalue weighted by Gasteiger charge is -2.19. The molecule has 1 aliphatic rings. The molecule has 0 atom stereocenters. The minimum Gasteiger partial charge on any atom is -0.457 e. The fraction of sp³-hybridized carbons (Fsp3) is 0.0455. The Balaban J connectivity index is 1.69. The first kappa shape index (κ1) is 16.8. The average Bonchev–Trinajstić information content (AvgIpc) is 2.70. The topological polar surface area (TPSA) is 60.4 Å². The van der Waals surface area contributed by atoms with Crippen LogP contribution in [0.4, 0.5) is 4.39 Å². The van der Waals surface area contributed by atoms with Crippen molar-refractivity contribution in [1.82, 2.24) is 0 Å². The van der Waals surface area contributed by atoms with E-state index in [4.69, 9.17) is 4.74 Å². The zero-order chi connectivity index (χ0) is 19.0. The first-order chi connectivity index (χ1) is 13.1. The van der Waals surface area contributed by atoms with Crippen molar-refractivity contribution in [2.75, 3.05) is 0 Å². The molecule has 3 aromatic carbocycles. The number of esters is 1. The molecule has 0 radical (unpaired) electrons. The van der Waals surface area contributed by atoms with Gasteiger partial charge in [0.1, 0.15) is 12.4 Å². The molecule has 0 bridgehead atoms. The van der Waals surface area contributed by atoms with E-state index in [-0.39, 0.29) is 40.2 Å². The maximum atomic E-state index is 13.7. The SMILES string of the molecule is O=C(OCc1ccccc1F)c1cccc2c1C(=O)c1ccccc1C2=O. The third kappa shape index (κ3) is 2.83. The van der Waals surface area contributed by atoms with E-state index < -0.39 is 17.6 Å². The second-order valence-corrected chi connectivity index (χ2v) is 6.10. The smallest absolute Gasteiger partial charge is 0.339 e. The Morgan fingerprint density at radius 1 is 0.778 bits per heavy atom. The first-order valence-corrected chi connectivity index (χ1v) is 8.30. The van der Waals surface area contributed by atoms with E-state index >= 15 is 0 Å². The van der Waals surface area contributed by atoms with E-state index in [1.165, 1.54) is 36.4 Å². The Bertz CT molecular complexity index is 1100. The highest BCUT2D eigenvalue weighted by Gasteiger charge is 2.33. The number of halogens is 1. The summed E-state index contributed by atoms with van der Waals surface area (Å²) in [6.45, 7) is -0.270. The summed E-state index contributed by atoms with van der Waals surface area (Å²) in [6, 6.07) is 16.9. The second kappa shape index (κ2) is 6.61. The van der Waals surface area contributed by atoms with E-state index in [1.807, 2.05) is 0 Å². The fourth-order valence-corrected chi connectivity index (χ4v) is 3.15. The molecular formula is C22H13FO4. The number of rotatable bonds is 3. The van der Waals surface area contributed by atoms with Gasteiger partial charge in [0.25, 0.3) is 0 Å². The van der Waals surface area contributed by atoms with Crippen molar-refractivity contribution in [2.24, 2.45) is 0 Å². The molecule has 1 aliphatic carbocycles. The number of hydrogen-bond donors (Lipinski definition) is 0. The molecule has 0 saturated carbocycles. The molecule has 0 N–H and O–H groups in total. The van der Waals surface area contributed by atoms with Gasteiger partial charge in [-0.1, -0.05) is 54.6 Å².